The molecule has 0 aliphatic carbocycles. The summed E-state index contributed by atoms with van der Waals surface area (Å²) in [6.45, 7) is 0.631. The van der Waals surface area contributed by atoms with Crippen LogP contribution in [0.3, 0.4) is 0 Å². The molecule has 0 spiro atoms. The maximum Gasteiger partial charge on any atom is 0.230 e. The lowest BCUT2D eigenvalue weighted by Gasteiger charge is -2.08. The van der Waals surface area contributed by atoms with Crippen LogP contribution in [0.5, 0.6) is 0 Å². The number of aromatic amines is 1. The summed E-state index contributed by atoms with van der Waals surface area (Å²) in [5.41, 5.74) is 2.03. The van der Waals surface area contributed by atoms with Gasteiger partial charge < -0.3 is 10.3 Å². The molecule has 0 radical (unpaired) electrons. The first-order valence-electron chi connectivity index (χ1n) is 7.78. The molecule has 0 atom stereocenters. The van der Waals surface area contributed by atoms with Crippen molar-refractivity contribution in [3.05, 3.63) is 69.1 Å². The molecule has 126 valence electrons. The zero-order valence-electron chi connectivity index (χ0n) is 13.2. The molecule has 0 fully saturated rings. The highest BCUT2D eigenvalue weighted by Crippen LogP contribution is 2.22. The number of carbonyl (C=O) groups is 1. The van der Waals surface area contributed by atoms with Crippen molar-refractivity contribution in [3.63, 3.8) is 0 Å². The van der Waals surface area contributed by atoms with E-state index in [9.17, 15) is 4.79 Å². The number of rotatable bonds is 5. The van der Waals surface area contributed by atoms with Crippen molar-refractivity contribution in [3.8, 4) is 0 Å². The van der Waals surface area contributed by atoms with Crippen molar-refractivity contribution in [2.24, 2.45) is 0 Å². The van der Waals surface area contributed by atoms with Crippen LogP contribution < -0.4 is 5.32 Å². The number of nitrogens with one attached hydrogen (secondary N) is 2. The van der Waals surface area contributed by atoms with E-state index in [4.69, 9.17) is 0 Å². The Kier molecular flexibility index (Phi) is 4.42. The number of nitrogens with zero attached hydrogens (tertiary/aromatic N) is 2. The monoisotopic (exact) mass is 414 g/mol. The van der Waals surface area contributed by atoms with E-state index in [1.165, 1.54) is 4.88 Å². The fourth-order valence-electron chi connectivity index (χ4n) is 2.79. The first-order chi connectivity index (χ1) is 12.2. The third-order valence-electron chi connectivity index (χ3n) is 3.94. The van der Waals surface area contributed by atoms with Crippen LogP contribution in [-0.2, 0) is 17.8 Å². The Morgan fingerprint density at radius 3 is 3.04 bits per heavy atom. The molecule has 5 nitrogen and oxygen atoms in total. The number of fused-ring (bicyclic) bond motifs is 1. The van der Waals surface area contributed by atoms with E-state index in [0.29, 0.717) is 18.8 Å². The topological polar surface area (TPSA) is 62.7 Å². The fourth-order valence-corrected chi connectivity index (χ4v) is 4.22. The SMILES string of the molecule is O=C(Cc1c[nH]c2ccccc12)Nc1ccnn1Cc1cc(Br)cs1. The molecule has 1 amide bonds. The number of thiophene rings is 1. The van der Waals surface area contributed by atoms with Crippen molar-refractivity contribution in [1.82, 2.24) is 14.8 Å². The number of para-hydroxylation sites is 1. The maximum absolute atomic E-state index is 12.5. The lowest BCUT2D eigenvalue weighted by molar-refractivity contribution is -0.115. The van der Waals surface area contributed by atoms with Crippen LogP contribution in [0.1, 0.15) is 10.4 Å². The summed E-state index contributed by atoms with van der Waals surface area (Å²) in [6, 6.07) is 11.9. The molecule has 0 saturated carbocycles. The van der Waals surface area contributed by atoms with Crippen LogP contribution in [0.2, 0.25) is 0 Å². The van der Waals surface area contributed by atoms with E-state index >= 15 is 0 Å². The number of amides is 1. The van der Waals surface area contributed by atoms with Crippen LogP contribution >= 0.6 is 27.3 Å². The summed E-state index contributed by atoms with van der Waals surface area (Å²) < 4.78 is 2.86. The third-order valence-corrected chi connectivity index (χ3v) is 5.62. The largest absolute Gasteiger partial charge is 0.361 e. The van der Waals surface area contributed by atoms with Gasteiger partial charge in [-0.05, 0) is 33.6 Å². The number of H-pyrrole nitrogens is 1. The van der Waals surface area contributed by atoms with Gasteiger partial charge in [-0.25, -0.2) is 4.68 Å². The van der Waals surface area contributed by atoms with Gasteiger partial charge in [0.15, 0.2) is 0 Å². The standard InChI is InChI=1S/C18H15BrN4OS/c19-13-8-14(25-11-13)10-23-17(5-6-21-23)22-18(24)7-12-9-20-16-4-2-1-3-15(12)16/h1-6,8-9,11,20H,7,10H2,(H,22,24). The first kappa shape index (κ1) is 16.1. The van der Waals surface area contributed by atoms with Gasteiger partial charge in [0.05, 0.1) is 19.2 Å². The Bertz CT molecular complexity index is 1030. The van der Waals surface area contributed by atoms with E-state index in [1.807, 2.05) is 41.9 Å². The molecule has 4 aromatic rings. The first-order valence-corrected chi connectivity index (χ1v) is 9.46. The molecule has 7 heteroatoms. The molecule has 2 N–H and O–H groups in total. The molecular weight excluding hydrogens is 400 g/mol. The van der Waals surface area contributed by atoms with Crippen molar-refractivity contribution in [2.75, 3.05) is 5.32 Å². The summed E-state index contributed by atoms with van der Waals surface area (Å²) in [5, 5.41) is 10.4. The number of hydrogen-bond donors (Lipinski definition) is 2. The molecule has 0 aliphatic heterocycles. The van der Waals surface area contributed by atoms with Crippen molar-refractivity contribution in [2.45, 2.75) is 13.0 Å². The lowest BCUT2D eigenvalue weighted by atomic mass is 10.1. The van der Waals surface area contributed by atoms with Gasteiger partial charge in [-0.3, -0.25) is 4.79 Å². The average Bonchev–Trinajstić information content (AvgIpc) is 3.31. The Morgan fingerprint density at radius 1 is 1.32 bits per heavy atom. The van der Waals surface area contributed by atoms with Crippen molar-refractivity contribution < 1.29 is 4.79 Å². The highest BCUT2D eigenvalue weighted by molar-refractivity contribution is 9.10. The molecule has 1 aromatic carbocycles. The molecule has 3 aromatic heterocycles. The Balaban J connectivity index is 1.47. The summed E-state index contributed by atoms with van der Waals surface area (Å²) in [4.78, 5) is 16.8. The smallest absolute Gasteiger partial charge is 0.230 e. The molecule has 0 unspecified atom stereocenters. The number of hydrogen-bond acceptors (Lipinski definition) is 3. The molecule has 0 bridgehead atoms. The zero-order valence-corrected chi connectivity index (χ0v) is 15.6. The summed E-state index contributed by atoms with van der Waals surface area (Å²) in [7, 11) is 0. The molecule has 0 aliphatic rings. The fraction of sp³-hybridized carbons (Fsp3) is 0.111. The van der Waals surface area contributed by atoms with Gasteiger partial charge in [-0.15, -0.1) is 11.3 Å². The number of halogens is 1. The second kappa shape index (κ2) is 6.85. The Hall–Kier alpha value is -2.38. The number of benzene rings is 1. The molecule has 25 heavy (non-hydrogen) atoms. The van der Waals surface area contributed by atoms with E-state index in [-0.39, 0.29) is 5.91 Å². The number of anilines is 1. The molecule has 0 saturated heterocycles. The van der Waals surface area contributed by atoms with Crippen molar-refractivity contribution >= 4 is 49.9 Å². The van der Waals surface area contributed by atoms with Crippen LogP contribution in [0.4, 0.5) is 5.82 Å². The number of carbonyl (C=O) groups excluding carboxylic acids is 1. The van der Waals surface area contributed by atoms with Crippen LogP contribution in [0.25, 0.3) is 10.9 Å². The zero-order chi connectivity index (χ0) is 17.2. The molecule has 4 rings (SSSR count). The van der Waals surface area contributed by atoms with Gasteiger partial charge in [0.1, 0.15) is 5.82 Å². The average molecular weight is 415 g/mol. The predicted molar refractivity (Wildman–Crippen MR) is 104 cm³/mol. The van der Waals surface area contributed by atoms with E-state index in [1.54, 1.807) is 22.2 Å². The number of aromatic nitrogens is 3. The van der Waals surface area contributed by atoms with Crippen molar-refractivity contribution in [1.29, 1.82) is 0 Å². The summed E-state index contributed by atoms with van der Waals surface area (Å²) in [6.07, 6.45) is 3.91. The van der Waals surface area contributed by atoms with Gasteiger partial charge in [0.2, 0.25) is 5.91 Å². The van der Waals surface area contributed by atoms with E-state index in [0.717, 1.165) is 20.9 Å². The highest BCUT2D eigenvalue weighted by atomic mass is 79.9. The van der Waals surface area contributed by atoms with Gasteiger partial charge >= 0.3 is 0 Å². The molecular formula is C18H15BrN4OS. The Morgan fingerprint density at radius 2 is 2.20 bits per heavy atom. The minimum absolute atomic E-state index is 0.0566. The minimum atomic E-state index is -0.0566. The normalized spacial score (nSPS) is 11.1. The van der Waals surface area contributed by atoms with Crippen LogP contribution in [0.15, 0.2) is 58.6 Å². The second-order valence-corrected chi connectivity index (χ2v) is 7.60. The summed E-state index contributed by atoms with van der Waals surface area (Å²) in [5.74, 6) is 0.647. The summed E-state index contributed by atoms with van der Waals surface area (Å²) >= 11 is 5.11. The van der Waals surface area contributed by atoms with E-state index < -0.39 is 0 Å². The minimum Gasteiger partial charge on any atom is -0.361 e. The quantitative estimate of drug-likeness (QED) is 0.507. The Labute approximate surface area is 156 Å². The predicted octanol–water partition coefficient (Wildman–Crippen LogP) is 4.42. The maximum atomic E-state index is 12.5. The third kappa shape index (κ3) is 3.52. The van der Waals surface area contributed by atoms with Gasteiger partial charge in [-0.2, -0.15) is 5.10 Å². The molecule has 3 heterocycles. The van der Waals surface area contributed by atoms with Gasteiger partial charge in [0.25, 0.3) is 0 Å². The van der Waals surface area contributed by atoms with Gasteiger partial charge in [0, 0.05) is 37.9 Å². The van der Waals surface area contributed by atoms with E-state index in [2.05, 4.69) is 37.4 Å². The van der Waals surface area contributed by atoms with Crippen LogP contribution in [0, 0.1) is 0 Å². The second-order valence-electron chi connectivity index (χ2n) is 5.69. The highest BCUT2D eigenvalue weighted by Gasteiger charge is 2.12. The van der Waals surface area contributed by atoms with Gasteiger partial charge in [-0.1, -0.05) is 18.2 Å². The lowest BCUT2D eigenvalue weighted by Crippen LogP contribution is -2.17. The van der Waals surface area contributed by atoms with Crippen LogP contribution in [-0.4, -0.2) is 20.7 Å².